The molecule has 0 aliphatic heterocycles. The van der Waals surface area contributed by atoms with Gasteiger partial charge < -0.3 is 5.32 Å². The lowest BCUT2D eigenvalue weighted by Gasteiger charge is -2.06. The van der Waals surface area contributed by atoms with Crippen molar-refractivity contribution >= 4 is 21.6 Å². The van der Waals surface area contributed by atoms with E-state index in [4.69, 9.17) is 0 Å². The van der Waals surface area contributed by atoms with Crippen LogP contribution in [0.4, 0.5) is 5.69 Å². The molecule has 8 heteroatoms. The summed E-state index contributed by atoms with van der Waals surface area (Å²) in [5, 5.41) is 8.67. The van der Waals surface area contributed by atoms with E-state index in [2.05, 4.69) is 20.2 Å². The minimum absolute atomic E-state index is 0.117. The van der Waals surface area contributed by atoms with E-state index < -0.39 is 15.9 Å². The van der Waals surface area contributed by atoms with Gasteiger partial charge in [0.1, 0.15) is 0 Å². The molecule has 0 atom stereocenters. The van der Waals surface area contributed by atoms with Crippen LogP contribution in [0.3, 0.4) is 0 Å². The number of hydrogen-bond donors (Lipinski definition) is 3. The molecule has 2 aromatic rings. The molecule has 2 rings (SSSR count). The summed E-state index contributed by atoms with van der Waals surface area (Å²) >= 11 is 0. The van der Waals surface area contributed by atoms with Crippen molar-refractivity contribution in [2.75, 3.05) is 11.9 Å². The zero-order valence-corrected chi connectivity index (χ0v) is 10.6. The second kappa shape index (κ2) is 5.63. The normalized spacial score (nSPS) is 11.2. The molecule has 0 aliphatic carbocycles. The van der Waals surface area contributed by atoms with Crippen LogP contribution in [0.5, 0.6) is 0 Å². The average molecular weight is 280 g/mol. The third kappa shape index (κ3) is 3.63. The quantitative estimate of drug-likeness (QED) is 0.734. The Kier molecular flexibility index (Phi) is 3.93. The molecule has 1 amide bonds. The topological polar surface area (TPSA) is 104 Å². The highest BCUT2D eigenvalue weighted by atomic mass is 32.2. The maximum Gasteiger partial charge on any atom is 0.241 e. The van der Waals surface area contributed by atoms with Gasteiger partial charge in [0.25, 0.3) is 0 Å². The average Bonchev–Trinajstić information content (AvgIpc) is 2.90. The van der Waals surface area contributed by atoms with Crippen molar-refractivity contribution in [2.24, 2.45) is 0 Å². The van der Waals surface area contributed by atoms with Gasteiger partial charge in [-0.05, 0) is 12.1 Å². The molecule has 0 unspecified atom stereocenters. The van der Waals surface area contributed by atoms with Crippen LogP contribution in [-0.4, -0.2) is 31.1 Å². The summed E-state index contributed by atoms with van der Waals surface area (Å²) < 4.78 is 25.9. The number of benzene rings is 1. The maximum absolute atomic E-state index is 11.8. The summed E-state index contributed by atoms with van der Waals surface area (Å²) in [6, 6.07) is 7.84. The first-order valence-corrected chi connectivity index (χ1v) is 6.89. The zero-order chi connectivity index (χ0) is 13.7. The molecule has 1 aromatic heterocycles. The second-order valence-electron chi connectivity index (χ2n) is 3.67. The third-order valence-electron chi connectivity index (χ3n) is 2.26. The highest BCUT2D eigenvalue weighted by molar-refractivity contribution is 7.89. The fourth-order valence-electron chi connectivity index (χ4n) is 1.37. The first kappa shape index (κ1) is 13.2. The summed E-state index contributed by atoms with van der Waals surface area (Å²) in [4.78, 5) is 11.6. The van der Waals surface area contributed by atoms with Crippen LogP contribution in [0.1, 0.15) is 0 Å². The number of carbonyl (C=O) groups excluding carboxylic acids is 1. The van der Waals surface area contributed by atoms with E-state index in [0.717, 1.165) is 0 Å². The first-order chi connectivity index (χ1) is 9.08. The number of nitrogens with one attached hydrogen (secondary N) is 3. The predicted octanol–water partition coefficient (Wildman–Crippen LogP) is 0.327. The minimum Gasteiger partial charge on any atom is -0.322 e. The lowest BCUT2D eigenvalue weighted by atomic mass is 10.4. The van der Waals surface area contributed by atoms with Crippen molar-refractivity contribution in [1.82, 2.24) is 14.9 Å². The number of H-pyrrole nitrogens is 1. The van der Waals surface area contributed by atoms with Crippen LogP contribution in [0.25, 0.3) is 0 Å². The molecule has 100 valence electrons. The SMILES string of the molecule is O=C(CNS(=O)(=O)c1ccccc1)Nc1cn[nH]c1. The Hall–Kier alpha value is -2.19. The Morgan fingerprint density at radius 3 is 2.63 bits per heavy atom. The van der Waals surface area contributed by atoms with Crippen molar-refractivity contribution in [3.8, 4) is 0 Å². The van der Waals surface area contributed by atoms with E-state index in [-0.39, 0.29) is 11.4 Å². The van der Waals surface area contributed by atoms with Gasteiger partial charge >= 0.3 is 0 Å². The Morgan fingerprint density at radius 1 is 1.26 bits per heavy atom. The fourth-order valence-corrected chi connectivity index (χ4v) is 2.37. The first-order valence-electron chi connectivity index (χ1n) is 5.41. The van der Waals surface area contributed by atoms with Gasteiger partial charge in [-0.1, -0.05) is 18.2 Å². The number of aromatic amines is 1. The number of hydrogen-bond acceptors (Lipinski definition) is 4. The Balaban J connectivity index is 1.93. The number of anilines is 1. The van der Waals surface area contributed by atoms with Crippen molar-refractivity contribution in [2.45, 2.75) is 4.90 Å². The monoisotopic (exact) mass is 280 g/mol. The van der Waals surface area contributed by atoms with Gasteiger partial charge in [-0.3, -0.25) is 9.89 Å². The molecular weight excluding hydrogens is 268 g/mol. The molecule has 0 aliphatic rings. The summed E-state index contributed by atoms with van der Waals surface area (Å²) in [6.07, 6.45) is 2.91. The molecule has 3 N–H and O–H groups in total. The van der Waals surface area contributed by atoms with Crippen molar-refractivity contribution in [3.05, 3.63) is 42.7 Å². The molecule has 1 aromatic carbocycles. The Bertz CT molecular complexity index is 638. The van der Waals surface area contributed by atoms with Crippen LogP contribution in [0.2, 0.25) is 0 Å². The smallest absolute Gasteiger partial charge is 0.241 e. The highest BCUT2D eigenvalue weighted by Gasteiger charge is 2.14. The van der Waals surface area contributed by atoms with Gasteiger partial charge in [-0.25, -0.2) is 13.1 Å². The van der Waals surface area contributed by atoms with Crippen molar-refractivity contribution in [1.29, 1.82) is 0 Å². The molecule has 1 heterocycles. The van der Waals surface area contributed by atoms with Crippen LogP contribution in [-0.2, 0) is 14.8 Å². The van der Waals surface area contributed by atoms with Gasteiger partial charge in [0, 0.05) is 6.20 Å². The van der Waals surface area contributed by atoms with E-state index in [1.165, 1.54) is 24.5 Å². The standard InChI is InChI=1S/C11H12N4O3S/c16-11(15-9-6-12-13-7-9)8-14-19(17,18)10-4-2-1-3-5-10/h1-7,14H,8H2,(H,12,13)(H,15,16). The largest absolute Gasteiger partial charge is 0.322 e. The lowest BCUT2D eigenvalue weighted by Crippen LogP contribution is -2.32. The van der Waals surface area contributed by atoms with E-state index in [9.17, 15) is 13.2 Å². The number of rotatable bonds is 5. The number of aromatic nitrogens is 2. The molecule has 0 bridgehead atoms. The number of amides is 1. The second-order valence-corrected chi connectivity index (χ2v) is 5.44. The van der Waals surface area contributed by atoms with Gasteiger partial charge in [0.2, 0.25) is 15.9 Å². The third-order valence-corrected chi connectivity index (χ3v) is 3.68. The number of nitrogens with zero attached hydrogens (tertiary/aromatic N) is 1. The minimum atomic E-state index is -3.67. The molecule has 7 nitrogen and oxygen atoms in total. The summed E-state index contributed by atoms with van der Waals surface area (Å²) in [7, 11) is -3.67. The van der Waals surface area contributed by atoms with Gasteiger partial charge in [0.15, 0.2) is 0 Å². The van der Waals surface area contributed by atoms with Crippen LogP contribution in [0, 0.1) is 0 Å². The summed E-state index contributed by atoms with van der Waals surface area (Å²) in [5.41, 5.74) is 0.476. The van der Waals surface area contributed by atoms with E-state index in [0.29, 0.717) is 5.69 Å². The van der Waals surface area contributed by atoms with Crippen LogP contribution >= 0.6 is 0 Å². The fraction of sp³-hybridized carbons (Fsp3) is 0.0909. The molecule has 0 saturated heterocycles. The van der Waals surface area contributed by atoms with Crippen LogP contribution < -0.4 is 10.0 Å². The molecule has 0 saturated carbocycles. The molecule has 0 fully saturated rings. The van der Waals surface area contributed by atoms with Crippen LogP contribution in [0.15, 0.2) is 47.6 Å². The predicted molar refractivity (Wildman–Crippen MR) is 68.8 cm³/mol. The number of carbonyl (C=O) groups is 1. The summed E-state index contributed by atoms with van der Waals surface area (Å²) in [5.74, 6) is -0.471. The molecular formula is C11H12N4O3S. The van der Waals surface area contributed by atoms with E-state index in [1.807, 2.05) is 0 Å². The molecule has 0 spiro atoms. The highest BCUT2D eigenvalue weighted by Crippen LogP contribution is 2.06. The van der Waals surface area contributed by atoms with Crippen molar-refractivity contribution < 1.29 is 13.2 Å². The van der Waals surface area contributed by atoms with E-state index in [1.54, 1.807) is 18.2 Å². The Labute approximate surface area is 110 Å². The zero-order valence-electron chi connectivity index (χ0n) is 9.83. The summed E-state index contributed by atoms with van der Waals surface area (Å²) in [6.45, 7) is -0.345. The van der Waals surface area contributed by atoms with Gasteiger partial charge in [0.05, 0.1) is 23.3 Å². The molecule has 0 radical (unpaired) electrons. The van der Waals surface area contributed by atoms with Gasteiger partial charge in [-0.15, -0.1) is 0 Å². The van der Waals surface area contributed by atoms with Gasteiger partial charge in [-0.2, -0.15) is 5.10 Å². The van der Waals surface area contributed by atoms with E-state index >= 15 is 0 Å². The molecule has 19 heavy (non-hydrogen) atoms. The maximum atomic E-state index is 11.8. The lowest BCUT2D eigenvalue weighted by molar-refractivity contribution is -0.115. The van der Waals surface area contributed by atoms with Crippen molar-refractivity contribution in [3.63, 3.8) is 0 Å². The number of sulfonamides is 1. The Morgan fingerprint density at radius 2 is 2.00 bits per heavy atom.